The van der Waals surface area contributed by atoms with E-state index in [-0.39, 0.29) is 0 Å². The van der Waals surface area contributed by atoms with Gasteiger partial charge in [0.1, 0.15) is 0 Å². The van der Waals surface area contributed by atoms with Crippen LogP contribution in [0.1, 0.15) is 55.9 Å². The summed E-state index contributed by atoms with van der Waals surface area (Å²) in [6.07, 6.45) is 17.2. The Morgan fingerprint density at radius 2 is 0.778 bits per heavy atom. The van der Waals surface area contributed by atoms with Gasteiger partial charge in [0.2, 0.25) is 0 Å². The van der Waals surface area contributed by atoms with Gasteiger partial charge in [0.05, 0.1) is 11.4 Å². The Kier molecular flexibility index (Phi) is 10.3. The molecule has 0 amide bonds. The van der Waals surface area contributed by atoms with Crippen molar-refractivity contribution in [2.45, 2.75) is 0 Å². The summed E-state index contributed by atoms with van der Waals surface area (Å²) in [6.45, 7) is 0. The first-order valence-electron chi connectivity index (χ1n) is 18.2. The predicted octanol–water partition coefficient (Wildman–Crippen LogP) is 13.1. The van der Waals surface area contributed by atoms with Crippen molar-refractivity contribution in [1.29, 1.82) is 0 Å². The molecule has 2 heterocycles. The number of benzene rings is 6. The lowest BCUT2D eigenvalue weighted by atomic mass is 9.94. The Morgan fingerprint density at radius 1 is 0.333 bits per heavy atom. The summed E-state index contributed by atoms with van der Waals surface area (Å²) in [5, 5.41) is 2.41. The topological polar surface area (TPSA) is 25.8 Å². The number of hydrogen-bond donors (Lipinski definition) is 0. The highest BCUT2D eigenvalue weighted by atomic mass is 14.7. The number of nitrogens with zero attached hydrogens (tertiary/aromatic N) is 2. The van der Waals surface area contributed by atoms with Gasteiger partial charge in [0.15, 0.2) is 0 Å². The second-order valence-corrected chi connectivity index (χ2v) is 13.0. The average Bonchev–Trinajstić information content (AvgIpc) is 3.25. The highest BCUT2D eigenvalue weighted by Crippen LogP contribution is 2.31. The first kappa shape index (κ1) is 34.0. The molecule has 0 aliphatic heterocycles. The fourth-order valence-corrected chi connectivity index (χ4v) is 6.79. The van der Waals surface area contributed by atoms with Gasteiger partial charge in [-0.3, -0.25) is 9.97 Å². The first-order valence-corrected chi connectivity index (χ1v) is 18.2. The molecule has 0 unspecified atom stereocenters. The van der Waals surface area contributed by atoms with E-state index in [0.29, 0.717) is 0 Å². The summed E-state index contributed by atoms with van der Waals surface area (Å²) in [5.74, 6) is 0. The van der Waals surface area contributed by atoms with E-state index in [0.717, 1.165) is 61.5 Å². The van der Waals surface area contributed by atoms with E-state index in [1.54, 1.807) is 0 Å². The molecule has 2 aromatic heterocycles. The molecule has 0 bridgehead atoms. The van der Waals surface area contributed by atoms with Crippen molar-refractivity contribution in [1.82, 2.24) is 9.97 Å². The molecule has 0 fully saturated rings. The maximum absolute atomic E-state index is 4.72. The summed E-state index contributed by atoms with van der Waals surface area (Å²) < 4.78 is 0. The highest BCUT2D eigenvalue weighted by molar-refractivity contribution is 5.99. The second kappa shape index (κ2) is 16.5. The molecule has 0 saturated carbocycles. The fraction of sp³-hybridized carbons (Fsp3) is 0. The molecule has 0 saturated heterocycles. The standard InChI is InChI=1S/C52H38N2/c1-3-19-41(20-4-1)49(51-27-13-15-35-53-51)37-45-24-9-7-17-39(45)29-30-44-32-31-43-23-11-12-26-47(43)48(44)34-33-40-18-8-10-25-46(40)38-50(42-21-5-2-6-22-42)52-28-14-16-36-54-52/h1-38H/b30-29?,34-33?,49-37+,50-38+. The van der Waals surface area contributed by atoms with Crippen molar-refractivity contribution in [2.75, 3.05) is 0 Å². The predicted molar refractivity (Wildman–Crippen MR) is 230 cm³/mol. The third-order valence-electron chi connectivity index (χ3n) is 9.52. The van der Waals surface area contributed by atoms with Crippen molar-refractivity contribution >= 4 is 58.4 Å². The number of fused-ring (bicyclic) bond motifs is 1. The van der Waals surface area contributed by atoms with Crippen LogP contribution in [0, 0.1) is 0 Å². The number of hydrogen-bond acceptors (Lipinski definition) is 2. The molecule has 0 N–H and O–H groups in total. The van der Waals surface area contributed by atoms with E-state index < -0.39 is 0 Å². The molecular weight excluding hydrogens is 653 g/mol. The van der Waals surface area contributed by atoms with Crippen LogP contribution in [0.5, 0.6) is 0 Å². The molecule has 8 aromatic rings. The third-order valence-corrected chi connectivity index (χ3v) is 9.52. The summed E-state index contributed by atoms with van der Waals surface area (Å²) in [6, 6.07) is 63.2. The van der Waals surface area contributed by atoms with Gasteiger partial charge in [-0.1, -0.05) is 182 Å². The monoisotopic (exact) mass is 690 g/mol. The summed E-state index contributed by atoms with van der Waals surface area (Å²) >= 11 is 0. The van der Waals surface area contributed by atoms with E-state index in [9.17, 15) is 0 Å². The van der Waals surface area contributed by atoms with E-state index in [1.807, 2.05) is 48.8 Å². The van der Waals surface area contributed by atoms with Crippen LogP contribution in [-0.2, 0) is 0 Å². The number of rotatable bonds is 10. The van der Waals surface area contributed by atoms with Gasteiger partial charge in [0, 0.05) is 23.5 Å². The van der Waals surface area contributed by atoms with Crippen LogP contribution < -0.4 is 0 Å². The Balaban J connectivity index is 1.19. The second-order valence-electron chi connectivity index (χ2n) is 13.0. The zero-order valence-electron chi connectivity index (χ0n) is 29.8. The van der Waals surface area contributed by atoms with Gasteiger partial charge in [-0.2, -0.15) is 0 Å². The minimum absolute atomic E-state index is 0.940. The van der Waals surface area contributed by atoms with E-state index in [2.05, 4.69) is 182 Å². The van der Waals surface area contributed by atoms with Crippen LogP contribution in [-0.4, -0.2) is 9.97 Å². The Hall–Kier alpha value is -7.16. The van der Waals surface area contributed by atoms with Crippen LogP contribution in [0.4, 0.5) is 0 Å². The van der Waals surface area contributed by atoms with Crippen LogP contribution >= 0.6 is 0 Å². The summed E-state index contributed by atoms with van der Waals surface area (Å²) in [4.78, 5) is 9.43. The quantitative estimate of drug-likeness (QED) is 0.134. The fourth-order valence-electron chi connectivity index (χ4n) is 6.79. The van der Waals surface area contributed by atoms with Gasteiger partial charge in [-0.25, -0.2) is 0 Å². The lowest BCUT2D eigenvalue weighted by Gasteiger charge is -2.11. The van der Waals surface area contributed by atoms with Gasteiger partial charge < -0.3 is 0 Å². The van der Waals surface area contributed by atoms with Gasteiger partial charge in [0.25, 0.3) is 0 Å². The Labute approximate surface area is 317 Å². The molecular formula is C52H38N2. The van der Waals surface area contributed by atoms with Crippen molar-refractivity contribution in [3.05, 3.63) is 250 Å². The van der Waals surface area contributed by atoms with E-state index in [1.165, 1.54) is 16.3 Å². The molecule has 0 spiro atoms. The molecule has 0 radical (unpaired) electrons. The van der Waals surface area contributed by atoms with Crippen LogP contribution in [0.2, 0.25) is 0 Å². The number of aromatic nitrogens is 2. The third kappa shape index (κ3) is 7.84. The highest BCUT2D eigenvalue weighted by Gasteiger charge is 2.10. The van der Waals surface area contributed by atoms with Crippen molar-refractivity contribution in [3.8, 4) is 0 Å². The molecule has 0 atom stereocenters. The molecule has 2 nitrogen and oxygen atoms in total. The largest absolute Gasteiger partial charge is 0.256 e. The summed E-state index contributed by atoms with van der Waals surface area (Å²) in [7, 11) is 0. The minimum Gasteiger partial charge on any atom is -0.256 e. The smallest absolute Gasteiger partial charge is 0.0708 e. The Morgan fingerprint density at radius 3 is 1.31 bits per heavy atom. The van der Waals surface area contributed by atoms with Crippen LogP contribution in [0.15, 0.2) is 194 Å². The average molecular weight is 691 g/mol. The lowest BCUT2D eigenvalue weighted by Crippen LogP contribution is -1.92. The normalized spacial score (nSPS) is 12.1. The van der Waals surface area contributed by atoms with Crippen molar-refractivity contribution < 1.29 is 0 Å². The van der Waals surface area contributed by atoms with E-state index in [4.69, 9.17) is 9.97 Å². The summed E-state index contributed by atoms with van der Waals surface area (Å²) in [5.41, 5.74) is 13.1. The van der Waals surface area contributed by atoms with Crippen LogP contribution in [0.25, 0.3) is 58.4 Å². The maximum Gasteiger partial charge on any atom is 0.0708 e. The Bertz CT molecular complexity index is 2530. The zero-order chi connectivity index (χ0) is 36.4. The minimum atomic E-state index is 0.940. The molecule has 0 aliphatic carbocycles. The van der Waals surface area contributed by atoms with Crippen molar-refractivity contribution in [3.63, 3.8) is 0 Å². The maximum atomic E-state index is 4.72. The van der Waals surface area contributed by atoms with E-state index >= 15 is 0 Å². The molecule has 0 aliphatic rings. The number of pyridine rings is 2. The molecule has 6 aromatic carbocycles. The van der Waals surface area contributed by atoms with Crippen molar-refractivity contribution in [2.24, 2.45) is 0 Å². The molecule has 54 heavy (non-hydrogen) atoms. The molecule has 256 valence electrons. The van der Waals surface area contributed by atoms with Gasteiger partial charge in [-0.05, 0) is 91.7 Å². The SMILES string of the molecule is C(=Cc1ccc2ccccc2c1C=Cc1ccccc1/C=C(\c1ccccc1)c1ccccn1)c1ccccc1/C=C(\c1ccccc1)c1ccccn1. The van der Waals surface area contributed by atoms with Crippen LogP contribution in [0.3, 0.4) is 0 Å². The zero-order valence-corrected chi connectivity index (χ0v) is 29.8. The van der Waals surface area contributed by atoms with Gasteiger partial charge >= 0.3 is 0 Å². The molecule has 2 heteroatoms. The molecule has 8 rings (SSSR count). The van der Waals surface area contributed by atoms with Gasteiger partial charge in [-0.15, -0.1) is 0 Å². The lowest BCUT2D eigenvalue weighted by molar-refractivity contribution is 1.27. The first-order chi connectivity index (χ1) is 26.8.